The van der Waals surface area contributed by atoms with Crippen LogP contribution in [0, 0.1) is 0 Å². The highest BCUT2D eigenvalue weighted by Crippen LogP contribution is 2.25. The third-order valence-electron chi connectivity index (χ3n) is 4.09. The number of amides is 1. The van der Waals surface area contributed by atoms with E-state index < -0.39 is 6.09 Å². The van der Waals surface area contributed by atoms with Crippen LogP contribution in [-0.4, -0.2) is 18.6 Å². The van der Waals surface area contributed by atoms with Gasteiger partial charge in [0.15, 0.2) is 0 Å². The normalized spacial score (nSPS) is 14.3. The molecule has 1 heterocycles. The van der Waals surface area contributed by atoms with Crippen molar-refractivity contribution in [3.63, 3.8) is 0 Å². The van der Waals surface area contributed by atoms with Crippen molar-refractivity contribution in [1.82, 2.24) is 5.32 Å². The summed E-state index contributed by atoms with van der Waals surface area (Å²) in [5.74, 6) is 2.24. The number of rotatable bonds is 6. The van der Waals surface area contributed by atoms with Crippen LogP contribution in [0.3, 0.4) is 0 Å². The van der Waals surface area contributed by atoms with Crippen LogP contribution in [0.4, 0.5) is 4.79 Å². The fraction of sp³-hybridized carbons (Fsp3) is 0.190. The molecule has 4 nitrogen and oxygen atoms in total. The van der Waals surface area contributed by atoms with E-state index >= 15 is 0 Å². The fourth-order valence-electron chi connectivity index (χ4n) is 2.77. The molecule has 0 aliphatic heterocycles. The molecule has 1 atom stereocenters. The lowest BCUT2D eigenvalue weighted by molar-refractivity contribution is 0.177. The second kappa shape index (κ2) is 8.99. The van der Waals surface area contributed by atoms with Gasteiger partial charge in [-0.2, -0.15) is 0 Å². The van der Waals surface area contributed by atoms with Crippen LogP contribution in [0.25, 0.3) is 0 Å². The molecule has 1 aromatic heterocycles. The van der Waals surface area contributed by atoms with Crippen LogP contribution in [-0.2, 0) is 16.0 Å². The van der Waals surface area contributed by atoms with E-state index in [0.717, 1.165) is 6.42 Å². The molecule has 0 fully saturated rings. The minimum Gasteiger partial charge on any atom is -0.409 e. The number of nitrogens with one attached hydrogen (secondary N) is 1. The van der Waals surface area contributed by atoms with Gasteiger partial charge >= 0.3 is 6.09 Å². The van der Waals surface area contributed by atoms with Crippen LogP contribution in [0.5, 0.6) is 0 Å². The van der Waals surface area contributed by atoms with Gasteiger partial charge in [0.05, 0.1) is 5.57 Å². The average molecular weight is 365 g/mol. The summed E-state index contributed by atoms with van der Waals surface area (Å²) in [7, 11) is 0. The van der Waals surface area contributed by atoms with Crippen molar-refractivity contribution in [2.45, 2.75) is 18.8 Å². The molecule has 26 heavy (non-hydrogen) atoms. The van der Waals surface area contributed by atoms with E-state index in [1.807, 2.05) is 41.7 Å². The first-order valence-electron chi connectivity index (χ1n) is 8.40. The molecule has 1 aromatic carbocycles. The van der Waals surface area contributed by atoms with Gasteiger partial charge in [0.25, 0.3) is 0 Å². The summed E-state index contributed by atoms with van der Waals surface area (Å²) < 4.78 is 5.28. The van der Waals surface area contributed by atoms with Crippen molar-refractivity contribution in [3.8, 4) is 0 Å². The number of hydrogen-bond acceptors (Lipinski definition) is 4. The lowest BCUT2D eigenvalue weighted by Gasteiger charge is -2.17. The van der Waals surface area contributed by atoms with Crippen molar-refractivity contribution in [2.24, 2.45) is 0 Å². The summed E-state index contributed by atoms with van der Waals surface area (Å²) in [5, 5.41) is 4.85. The minimum absolute atomic E-state index is 0.159. The Balaban J connectivity index is 1.62. The van der Waals surface area contributed by atoms with Crippen LogP contribution in [0.15, 0.2) is 77.4 Å². The van der Waals surface area contributed by atoms with Crippen LogP contribution in [0.2, 0.25) is 0 Å². The van der Waals surface area contributed by atoms with Gasteiger partial charge in [0, 0.05) is 23.8 Å². The molecular formula is C21H19NO3S. The van der Waals surface area contributed by atoms with Gasteiger partial charge in [-0.1, -0.05) is 48.6 Å². The van der Waals surface area contributed by atoms with Crippen molar-refractivity contribution >= 4 is 23.4 Å². The topological polar surface area (TPSA) is 55.4 Å². The molecule has 1 N–H and O–H groups in total. The third kappa shape index (κ3) is 4.82. The van der Waals surface area contributed by atoms with Crippen molar-refractivity contribution in [3.05, 3.63) is 87.8 Å². The zero-order valence-corrected chi connectivity index (χ0v) is 15.0. The Bertz CT molecular complexity index is 847. The van der Waals surface area contributed by atoms with Crippen LogP contribution < -0.4 is 5.32 Å². The zero-order chi connectivity index (χ0) is 18.2. The van der Waals surface area contributed by atoms with Gasteiger partial charge in [0.2, 0.25) is 0 Å². The maximum atomic E-state index is 12.2. The van der Waals surface area contributed by atoms with Gasteiger partial charge < -0.3 is 10.1 Å². The van der Waals surface area contributed by atoms with E-state index in [0.29, 0.717) is 18.5 Å². The highest BCUT2D eigenvalue weighted by Gasteiger charge is 2.18. The molecule has 5 heteroatoms. The molecule has 2 aromatic rings. The number of benzene rings is 1. The Kier molecular flexibility index (Phi) is 6.20. The number of carbonyl (C=O) groups excluding carboxylic acids is 2. The summed E-state index contributed by atoms with van der Waals surface area (Å²) >= 11 is 1.67. The number of alkyl carbamates (subject to hydrolysis) is 1. The number of carbonyl (C=O) groups is 1. The van der Waals surface area contributed by atoms with Crippen molar-refractivity contribution < 1.29 is 14.3 Å². The number of hydrogen-bond donors (Lipinski definition) is 1. The highest BCUT2D eigenvalue weighted by atomic mass is 32.1. The Morgan fingerprint density at radius 2 is 2.08 bits per heavy atom. The molecule has 1 unspecified atom stereocenters. The zero-order valence-electron chi connectivity index (χ0n) is 14.2. The second-order valence-corrected chi connectivity index (χ2v) is 6.90. The van der Waals surface area contributed by atoms with E-state index in [9.17, 15) is 9.59 Å². The number of thiophene rings is 1. The molecule has 0 saturated heterocycles. The lowest BCUT2D eigenvalue weighted by Crippen LogP contribution is -2.29. The smallest absolute Gasteiger partial charge is 0.409 e. The van der Waals surface area contributed by atoms with Gasteiger partial charge in [-0.3, -0.25) is 0 Å². The largest absolute Gasteiger partial charge is 0.412 e. The highest BCUT2D eigenvalue weighted by molar-refractivity contribution is 7.10. The van der Waals surface area contributed by atoms with Gasteiger partial charge in [-0.05, 0) is 29.5 Å². The Morgan fingerprint density at radius 1 is 1.23 bits per heavy atom. The molecule has 0 saturated carbocycles. The van der Waals surface area contributed by atoms with Crippen molar-refractivity contribution in [1.29, 1.82) is 0 Å². The fourth-order valence-corrected chi connectivity index (χ4v) is 3.60. The van der Waals surface area contributed by atoms with E-state index in [2.05, 4.69) is 23.5 Å². The average Bonchev–Trinajstić information content (AvgIpc) is 3.21. The first-order chi connectivity index (χ1) is 12.8. The summed E-state index contributed by atoms with van der Waals surface area (Å²) in [4.78, 5) is 24.3. The van der Waals surface area contributed by atoms with Gasteiger partial charge in [0.1, 0.15) is 11.7 Å². The predicted molar refractivity (Wildman–Crippen MR) is 103 cm³/mol. The summed E-state index contributed by atoms with van der Waals surface area (Å²) in [6.45, 7) is 0.456. The summed E-state index contributed by atoms with van der Waals surface area (Å²) in [6, 6.07) is 14.3. The predicted octanol–water partition coefficient (Wildman–Crippen LogP) is 4.40. The maximum absolute atomic E-state index is 12.2. The standard InChI is InChI=1S/C21H19NO3S/c23-15-17-9-4-5-10-19(17)25-21(24)22-14-18(20-11-6-12-26-20)13-16-7-2-1-3-8-16/h1-8,10-12,18H,9,13-14H2,(H,22,24). The first-order valence-corrected chi connectivity index (χ1v) is 9.28. The van der Waals surface area contributed by atoms with E-state index in [1.54, 1.807) is 23.5 Å². The summed E-state index contributed by atoms with van der Waals surface area (Å²) in [5.41, 5.74) is 1.56. The van der Waals surface area contributed by atoms with Crippen LogP contribution >= 0.6 is 11.3 Å². The Morgan fingerprint density at radius 3 is 2.81 bits per heavy atom. The van der Waals surface area contributed by atoms with Crippen LogP contribution in [0.1, 0.15) is 22.8 Å². The van der Waals surface area contributed by atoms with E-state index in [-0.39, 0.29) is 11.7 Å². The van der Waals surface area contributed by atoms with E-state index in [1.165, 1.54) is 10.4 Å². The van der Waals surface area contributed by atoms with Gasteiger partial charge in [-0.25, -0.2) is 9.59 Å². The number of allylic oxidation sites excluding steroid dienone is 4. The quantitative estimate of drug-likeness (QED) is 0.772. The lowest BCUT2D eigenvalue weighted by atomic mass is 9.98. The molecule has 0 radical (unpaired) electrons. The third-order valence-corrected chi connectivity index (χ3v) is 5.13. The minimum atomic E-state index is -0.561. The Hall–Kier alpha value is -2.88. The van der Waals surface area contributed by atoms with Gasteiger partial charge in [-0.15, -0.1) is 11.3 Å². The first kappa shape index (κ1) is 17.9. The molecule has 0 bridgehead atoms. The summed E-state index contributed by atoms with van der Waals surface area (Å²) in [6.07, 6.45) is 5.87. The molecule has 132 valence electrons. The van der Waals surface area contributed by atoms with Crippen molar-refractivity contribution in [2.75, 3.05) is 6.54 Å². The molecule has 1 aliphatic rings. The number of ether oxygens (including phenoxy) is 1. The molecular weight excluding hydrogens is 346 g/mol. The SMILES string of the molecule is O=C=C1CC=CC=C1OC(=O)NCC(Cc1ccccc1)c1cccs1. The Labute approximate surface area is 156 Å². The molecule has 1 amide bonds. The monoisotopic (exact) mass is 365 g/mol. The second-order valence-electron chi connectivity index (χ2n) is 5.92. The molecule has 0 spiro atoms. The van der Waals surface area contributed by atoms with E-state index in [4.69, 9.17) is 4.74 Å². The molecule has 1 aliphatic carbocycles. The molecule has 3 rings (SSSR count). The maximum Gasteiger partial charge on any atom is 0.412 e.